The molecule has 0 bridgehead atoms. The van der Waals surface area contributed by atoms with Crippen LogP contribution in [0, 0.1) is 5.92 Å². The standard InChI is InChI=1S/C21H31N3O7S/c1-4-6-12-24-17(20(26)22-21(24)27)18(14(3)19(25)23-28)32(29,30)16-10-8-15(9-11-16)31-13-7-5-2/h8-11,14,17-18,28H,4-7,12-13H2,1-3H3,(H,23,25)(H,22,26,27). The number of ether oxygens (including phenoxy) is 1. The Morgan fingerprint density at radius 3 is 2.38 bits per heavy atom. The zero-order valence-corrected chi connectivity index (χ0v) is 19.4. The molecule has 10 nitrogen and oxygen atoms in total. The van der Waals surface area contributed by atoms with E-state index in [1.807, 2.05) is 13.8 Å². The van der Waals surface area contributed by atoms with Gasteiger partial charge in [-0.2, -0.15) is 0 Å². The second-order valence-corrected chi connectivity index (χ2v) is 9.84. The van der Waals surface area contributed by atoms with Gasteiger partial charge in [0, 0.05) is 6.54 Å². The van der Waals surface area contributed by atoms with Crippen LogP contribution in [0.1, 0.15) is 46.5 Å². The number of benzene rings is 1. The lowest BCUT2D eigenvalue weighted by molar-refractivity contribution is -0.133. The molecule has 3 N–H and O–H groups in total. The molecule has 1 saturated heterocycles. The first kappa shape index (κ1) is 25.6. The molecule has 0 spiro atoms. The van der Waals surface area contributed by atoms with Crippen LogP contribution in [0.2, 0.25) is 0 Å². The molecule has 32 heavy (non-hydrogen) atoms. The van der Waals surface area contributed by atoms with E-state index in [9.17, 15) is 22.8 Å². The Bertz CT molecular complexity index is 918. The maximum atomic E-state index is 13.6. The number of sulfone groups is 1. The van der Waals surface area contributed by atoms with Crippen LogP contribution in [0.15, 0.2) is 29.2 Å². The fourth-order valence-corrected chi connectivity index (χ4v) is 5.70. The summed E-state index contributed by atoms with van der Waals surface area (Å²) >= 11 is 0. The highest BCUT2D eigenvalue weighted by atomic mass is 32.2. The molecule has 1 aromatic carbocycles. The minimum Gasteiger partial charge on any atom is -0.494 e. The smallest absolute Gasteiger partial charge is 0.324 e. The maximum Gasteiger partial charge on any atom is 0.324 e. The fraction of sp³-hybridized carbons (Fsp3) is 0.571. The summed E-state index contributed by atoms with van der Waals surface area (Å²) in [6.07, 6.45) is 3.08. The van der Waals surface area contributed by atoms with Gasteiger partial charge in [-0.05, 0) is 37.1 Å². The lowest BCUT2D eigenvalue weighted by atomic mass is 9.99. The topological polar surface area (TPSA) is 142 Å². The van der Waals surface area contributed by atoms with Crippen molar-refractivity contribution in [1.82, 2.24) is 15.7 Å². The molecule has 0 radical (unpaired) electrons. The average Bonchev–Trinajstić information content (AvgIpc) is 3.04. The van der Waals surface area contributed by atoms with E-state index in [0.717, 1.165) is 17.7 Å². The van der Waals surface area contributed by atoms with Crippen LogP contribution in [0.4, 0.5) is 4.79 Å². The molecule has 3 unspecified atom stereocenters. The normalized spacial score (nSPS) is 18.2. The summed E-state index contributed by atoms with van der Waals surface area (Å²) in [5.74, 6) is -2.60. The van der Waals surface area contributed by atoms with E-state index in [1.54, 1.807) is 0 Å². The number of nitrogens with zero attached hydrogens (tertiary/aromatic N) is 1. The van der Waals surface area contributed by atoms with E-state index < -0.39 is 44.9 Å². The molecule has 3 atom stereocenters. The summed E-state index contributed by atoms with van der Waals surface area (Å²) in [5.41, 5.74) is 1.46. The largest absolute Gasteiger partial charge is 0.494 e. The SMILES string of the molecule is CCCCOc1ccc(S(=O)(=O)C(C(C)C(=O)NO)C2C(=O)NC(=O)N2CCCC)cc1. The summed E-state index contributed by atoms with van der Waals surface area (Å²) in [4.78, 5) is 38.2. The number of carbonyl (C=O) groups excluding carboxylic acids is 3. The molecule has 1 aliphatic rings. The van der Waals surface area contributed by atoms with Crippen LogP contribution < -0.4 is 15.5 Å². The van der Waals surface area contributed by atoms with E-state index >= 15 is 0 Å². The Kier molecular flexibility index (Phi) is 9.02. The number of nitrogens with one attached hydrogen (secondary N) is 2. The van der Waals surface area contributed by atoms with Crippen molar-refractivity contribution in [1.29, 1.82) is 0 Å². The monoisotopic (exact) mass is 469 g/mol. The lowest BCUT2D eigenvalue weighted by Gasteiger charge is -2.31. The summed E-state index contributed by atoms with van der Waals surface area (Å²) < 4.78 is 32.8. The van der Waals surface area contributed by atoms with Crippen molar-refractivity contribution in [3.8, 4) is 5.75 Å². The van der Waals surface area contributed by atoms with Gasteiger partial charge in [0.05, 0.1) is 17.4 Å². The minimum atomic E-state index is -4.28. The highest BCUT2D eigenvalue weighted by Crippen LogP contribution is 2.31. The third-order valence-electron chi connectivity index (χ3n) is 5.45. The molecule has 178 valence electrons. The number of rotatable bonds is 12. The average molecular weight is 470 g/mol. The van der Waals surface area contributed by atoms with Crippen molar-refractivity contribution in [3.63, 3.8) is 0 Å². The number of amides is 4. The first-order valence-corrected chi connectivity index (χ1v) is 12.3. The fourth-order valence-electron chi connectivity index (χ4n) is 3.59. The lowest BCUT2D eigenvalue weighted by Crippen LogP contribution is -2.53. The van der Waals surface area contributed by atoms with Crippen LogP contribution in [0.3, 0.4) is 0 Å². The van der Waals surface area contributed by atoms with E-state index in [-0.39, 0.29) is 11.4 Å². The molecule has 4 amide bonds. The number of hydrogen-bond acceptors (Lipinski definition) is 7. The molecule has 2 rings (SSSR count). The summed E-state index contributed by atoms with van der Waals surface area (Å²) in [6.45, 7) is 5.86. The molecule has 0 aromatic heterocycles. The Hall–Kier alpha value is -2.66. The van der Waals surface area contributed by atoms with Gasteiger partial charge in [0.25, 0.3) is 5.91 Å². The van der Waals surface area contributed by atoms with Gasteiger partial charge in [-0.15, -0.1) is 0 Å². The van der Waals surface area contributed by atoms with E-state index in [2.05, 4.69) is 5.32 Å². The Morgan fingerprint density at radius 1 is 1.19 bits per heavy atom. The summed E-state index contributed by atoms with van der Waals surface area (Å²) in [6, 6.07) is 3.59. The van der Waals surface area contributed by atoms with Gasteiger partial charge in [0.1, 0.15) is 17.0 Å². The third kappa shape index (κ3) is 5.57. The highest BCUT2D eigenvalue weighted by molar-refractivity contribution is 7.92. The van der Waals surface area contributed by atoms with Crippen molar-refractivity contribution in [3.05, 3.63) is 24.3 Å². The quantitative estimate of drug-likeness (QED) is 0.184. The second-order valence-electron chi connectivity index (χ2n) is 7.73. The number of urea groups is 1. The Morgan fingerprint density at radius 2 is 1.81 bits per heavy atom. The molecule has 1 heterocycles. The summed E-state index contributed by atoms with van der Waals surface area (Å²) in [7, 11) is -4.28. The molecule has 11 heteroatoms. The number of hydroxylamine groups is 1. The number of unbranched alkanes of at least 4 members (excludes halogenated alkanes) is 2. The van der Waals surface area contributed by atoms with Gasteiger partial charge in [-0.25, -0.2) is 18.7 Å². The zero-order chi connectivity index (χ0) is 23.9. The first-order valence-electron chi connectivity index (χ1n) is 10.7. The van der Waals surface area contributed by atoms with Crippen molar-refractivity contribution >= 4 is 27.7 Å². The summed E-state index contributed by atoms with van der Waals surface area (Å²) in [5, 5.41) is 9.65. The third-order valence-corrected chi connectivity index (χ3v) is 7.76. The van der Waals surface area contributed by atoms with Gasteiger partial charge >= 0.3 is 6.03 Å². The molecular formula is C21H31N3O7S. The van der Waals surface area contributed by atoms with Crippen molar-refractivity contribution in [2.45, 2.75) is 62.6 Å². The van der Waals surface area contributed by atoms with E-state index in [0.29, 0.717) is 25.2 Å². The van der Waals surface area contributed by atoms with Crippen LogP contribution in [-0.4, -0.2) is 60.8 Å². The maximum absolute atomic E-state index is 13.6. The van der Waals surface area contributed by atoms with Crippen LogP contribution >= 0.6 is 0 Å². The van der Waals surface area contributed by atoms with Crippen LogP contribution in [0.25, 0.3) is 0 Å². The predicted molar refractivity (Wildman–Crippen MR) is 116 cm³/mol. The first-order chi connectivity index (χ1) is 15.2. The number of imide groups is 1. The second kappa shape index (κ2) is 11.3. The molecule has 1 fully saturated rings. The Labute approximate surface area is 188 Å². The van der Waals surface area contributed by atoms with Crippen molar-refractivity contribution < 1.29 is 32.7 Å². The van der Waals surface area contributed by atoms with E-state index in [1.165, 1.54) is 36.7 Å². The zero-order valence-electron chi connectivity index (χ0n) is 18.5. The highest BCUT2D eigenvalue weighted by Gasteiger charge is 2.52. The molecule has 1 aromatic rings. The number of hydrogen-bond donors (Lipinski definition) is 3. The van der Waals surface area contributed by atoms with Crippen LogP contribution in [-0.2, 0) is 19.4 Å². The van der Waals surface area contributed by atoms with Gasteiger partial charge < -0.3 is 9.64 Å². The van der Waals surface area contributed by atoms with E-state index in [4.69, 9.17) is 9.94 Å². The molecule has 1 aliphatic heterocycles. The minimum absolute atomic E-state index is 0.120. The Balaban J connectivity index is 2.46. The molecule has 0 saturated carbocycles. The van der Waals surface area contributed by atoms with Crippen LogP contribution in [0.5, 0.6) is 5.75 Å². The van der Waals surface area contributed by atoms with Gasteiger partial charge in [-0.3, -0.25) is 20.1 Å². The van der Waals surface area contributed by atoms with Gasteiger partial charge in [0.15, 0.2) is 9.84 Å². The predicted octanol–water partition coefficient (Wildman–Crippen LogP) is 1.87. The molecular weight excluding hydrogens is 438 g/mol. The van der Waals surface area contributed by atoms with Gasteiger partial charge in [0.2, 0.25) is 5.91 Å². The van der Waals surface area contributed by atoms with Crippen molar-refractivity contribution in [2.75, 3.05) is 13.2 Å². The van der Waals surface area contributed by atoms with Gasteiger partial charge in [-0.1, -0.05) is 33.6 Å². The number of carbonyl (C=O) groups is 3. The van der Waals surface area contributed by atoms with Crippen molar-refractivity contribution in [2.24, 2.45) is 5.92 Å². The molecule has 0 aliphatic carbocycles.